The van der Waals surface area contributed by atoms with E-state index in [0.29, 0.717) is 0 Å². The Morgan fingerprint density at radius 2 is 2.17 bits per heavy atom. The number of halogens is 2. The zero-order valence-electron chi connectivity index (χ0n) is 5.75. The lowest BCUT2D eigenvalue weighted by atomic mass is 10.2. The normalized spacial score (nSPS) is 9.50. The Balaban J connectivity index is 3.27. The van der Waals surface area contributed by atoms with E-state index in [-0.39, 0.29) is 16.3 Å². The van der Waals surface area contributed by atoms with E-state index in [1.54, 1.807) is 0 Å². The van der Waals surface area contributed by atoms with E-state index >= 15 is 0 Å². The summed E-state index contributed by atoms with van der Waals surface area (Å²) < 4.78 is 4.30. The molecule has 64 valence electrons. The number of aromatic carboxylic acids is 1. The maximum absolute atomic E-state index is 10.5. The molecule has 0 unspecified atom stereocenters. The van der Waals surface area contributed by atoms with Gasteiger partial charge in [0, 0.05) is 0 Å². The molecule has 0 saturated carbocycles. The average Bonchev–Trinajstić information content (AvgIpc) is 2.03. The Morgan fingerprint density at radius 3 is 2.58 bits per heavy atom. The smallest absolute Gasteiger partial charge is 0.339 e. The number of benzene rings is 1. The third-order valence-electron chi connectivity index (χ3n) is 1.27. The van der Waals surface area contributed by atoms with Gasteiger partial charge in [0.1, 0.15) is 17.4 Å². The number of carboxylic acid groups (broad SMARTS) is 1. The number of carboxylic acids is 1. The van der Waals surface area contributed by atoms with Gasteiger partial charge in [-0.05, 0) is 12.1 Å². The van der Waals surface area contributed by atoms with Crippen LogP contribution in [0.4, 0.5) is 0 Å². The van der Waals surface area contributed by atoms with Gasteiger partial charge in [0.2, 0.25) is 0 Å². The van der Waals surface area contributed by atoms with Crippen LogP contribution < -0.4 is 4.29 Å². The van der Waals surface area contributed by atoms with Crippen molar-refractivity contribution in [3.63, 3.8) is 0 Å². The summed E-state index contributed by atoms with van der Waals surface area (Å²) in [4.78, 5) is 10.5. The van der Waals surface area contributed by atoms with Crippen molar-refractivity contribution in [1.82, 2.24) is 0 Å². The van der Waals surface area contributed by atoms with E-state index in [1.165, 1.54) is 18.2 Å². The van der Waals surface area contributed by atoms with E-state index in [2.05, 4.69) is 4.29 Å². The number of para-hydroxylation sites is 1. The standard InChI is InChI=1S/C7H4Cl2O3/c8-5-3-1-2-4(7(10)11)6(5)12-9/h1-3H,(H,10,11). The Bertz CT molecular complexity index is 312. The van der Waals surface area contributed by atoms with Gasteiger partial charge in [0.25, 0.3) is 0 Å². The Morgan fingerprint density at radius 1 is 1.50 bits per heavy atom. The molecule has 0 amide bonds. The zero-order valence-corrected chi connectivity index (χ0v) is 7.26. The molecular weight excluding hydrogens is 203 g/mol. The summed E-state index contributed by atoms with van der Waals surface area (Å²) in [6.07, 6.45) is 0. The van der Waals surface area contributed by atoms with Crippen LogP contribution in [0.3, 0.4) is 0 Å². The van der Waals surface area contributed by atoms with Gasteiger partial charge < -0.3 is 9.40 Å². The lowest BCUT2D eigenvalue weighted by Gasteiger charge is -2.02. The molecule has 0 spiro atoms. The Labute approximate surface area is 78.6 Å². The summed E-state index contributed by atoms with van der Waals surface area (Å²) in [5.74, 6) is -1.17. The Hall–Kier alpha value is -0.930. The first-order valence-electron chi connectivity index (χ1n) is 2.97. The lowest BCUT2D eigenvalue weighted by molar-refractivity contribution is 0.0695. The van der Waals surface area contributed by atoms with Crippen LogP contribution in [-0.4, -0.2) is 11.1 Å². The van der Waals surface area contributed by atoms with Crippen LogP contribution >= 0.6 is 23.5 Å². The van der Waals surface area contributed by atoms with Gasteiger partial charge in [-0.25, -0.2) is 4.79 Å². The van der Waals surface area contributed by atoms with Crippen molar-refractivity contribution in [1.29, 1.82) is 0 Å². The summed E-state index contributed by atoms with van der Waals surface area (Å²) in [7, 11) is 0. The van der Waals surface area contributed by atoms with Crippen LogP contribution in [0.25, 0.3) is 0 Å². The van der Waals surface area contributed by atoms with Gasteiger partial charge in [-0.1, -0.05) is 17.7 Å². The molecule has 0 aliphatic heterocycles. The number of hydrogen-bond acceptors (Lipinski definition) is 2. The summed E-state index contributed by atoms with van der Waals surface area (Å²) in [6, 6.07) is 4.35. The largest absolute Gasteiger partial charge is 0.478 e. The van der Waals surface area contributed by atoms with E-state index in [4.69, 9.17) is 28.6 Å². The number of carbonyl (C=O) groups is 1. The highest BCUT2D eigenvalue weighted by Gasteiger charge is 2.13. The van der Waals surface area contributed by atoms with Crippen molar-refractivity contribution in [3.05, 3.63) is 28.8 Å². The molecule has 1 aromatic rings. The molecule has 0 fully saturated rings. The van der Waals surface area contributed by atoms with Crippen LogP contribution in [0, 0.1) is 0 Å². The van der Waals surface area contributed by atoms with E-state index in [0.717, 1.165) is 0 Å². The average molecular weight is 207 g/mol. The van der Waals surface area contributed by atoms with Gasteiger partial charge >= 0.3 is 5.97 Å². The summed E-state index contributed by atoms with van der Waals surface area (Å²) >= 11 is 10.6. The third kappa shape index (κ3) is 1.62. The molecule has 12 heavy (non-hydrogen) atoms. The molecule has 0 aromatic heterocycles. The van der Waals surface area contributed by atoms with Gasteiger partial charge in [0.15, 0.2) is 5.75 Å². The first-order valence-corrected chi connectivity index (χ1v) is 3.66. The van der Waals surface area contributed by atoms with Gasteiger partial charge in [0.05, 0.1) is 5.02 Å². The quantitative estimate of drug-likeness (QED) is 0.810. The summed E-state index contributed by atoms with van der Waals surface area (Å²) in [5, 5.41) is 8.80. The molecule has 0 aliphatic rings. The monoisotopic (exact) mass is 206 g/mol. The van der Waals surface area contributed by atoms with E-state index in [9.17, 15) is 4.79 Å². The fraction of sp³-hybridized carbons (Fsp3) is 0. The minimum atomic E-state index is -1.13. The zero-order chi connectivity index (χ0) is 9.14. The molecule has 5 heteroatoms. The third-order valence-corrected chi connectivity index (χ3v) is 1.73. The lowest BCUT2D eigenvalue weighted by Crippen LogP contribution is -1.98. The minimum Gasteiger partial charge on any atom is -0.478 e. The predicted molar refractivity (Wildman–Crippen MR) is 44.9 cm³/mol. The van der Waals surface area contributed by atoms with E-state index in [1.807, 2.05) is 0 Å². The van der Waals surface area contributed by atoms with Crippen LogP contribution in [-0.2, 0) is 0 Å². The second kappa shape index (κ2) is 3.65. The molecule has 3 nitrogen and oxygen atoms in total. The van der Waals surface area contributed by atoms with Crippen molar-refractivity contribution < 1.29 is 14.2 Å². The maximum Gasteiger partial charge on any atom is 0.339 e. The van der Waals surface area contributed by atoms with Crippen molar-refractivity contribution >= 4 is 29.4 Å². The van der Waals surface area contributed by atoms with Crippen molar-refractivity contribution in [2.45, 2.75) is 0 Å². The van der Waals surface area contributed by atoms with Gasteiger partial charge in [-0.15, -0.1) is 0 Å². The van der Waals surface area contributed by atoms with Crippen molar-refractivity contribution in [2.24, 2.45) is 0 Å². The second-order valence-corrected chi connectivity index (χ2v) is 2.56. The number of hydrogen-bond donors (Lipinski definition) is 1. The van der Waals surface area contributed by atoms with Crippen LogP contribution in [0.15, 0.2) is 18.2 Å². The predicted octanol–water partition coefficient (Wildman–Crippen LogP) is 2.57. The SMILES string of the molecule is O=C(O)c1cccc(Cl)c1OCl. The van der Waals surface area contributed by atoms with Gasteiger partial charge in [-0.2, -0.15) is 0 Å². The molecule has 1 N–H and O–H groups in total. The maximum atomic E-state index is 10.5. The van der Waals surface area contributed by atoms with E-state index < -0.39 is 5.97 Å². The fourth-order valence-electron chi connectivity index (χ4n) is 0.756. The number of rotatable bonds is 2. The molecule has 0 bridgehead atoms. The van der Waals surface area contributed by atoms with Crippen molar-refractivity contribution in [3.8, 4) is 5.75 Å². The molecule has 0 atom stereocenters. The molecule has 1 rings (SSSR count). The first-order chi connectivity index (χ1) is 5.66. The fourth-order valence-corrected chi connectivity index (χ4v) is 1.17. The highest BCUT2D eigenvalue weighted by molar-refractivity contribution is 6.33. The summed E-state index contributed by atoms with van der Waals surface area (Å²) in [6.45, 7) is 0. The highest BCUT2D eigenvalue weighted by Crippen LogP contribution is 2.29. The Kier molecular flexibility index (Phi) is 2.78. The molecular formula is C7H4Cl2O3. The summed E-state index contributed by atoms with van der Waals surface area (Å²) in [5.41, 5.74) is -0.0579. The molecule has 1 aromatic carbocycles. The van der Waals surface area contributed by atoms with Crippen LogP contribution in [0.1, 0.15) is 10.4 Å². The van der Waals surface area contributed by atoms with Crippen molar-refractivity contribution in [2.75, 3.05) is 0 Å². The first kappa shape index (κ1) is 9.16. The second-order valence-electron chi connectivity index (χ2n) is 2.00. The van der Waals surface area contributed by atoms with Crippen LogP contribution in [0.2, 0.25) is 5.02 Å². The molecule has 0 aliphatic carbocycles. The minimum absolute atomic E-state index is 0.0340. The topological polar surface area (TPSA) is 46.5 Å². The van der Waals surface area contributed by atoms with Gasteiger partial charge in [-0.3, -0.25) is 0 Å². The molecule has 0 heterocycles. The highest BCUT2D eigenvalue weighted by atomic mass is 35.5. The molecule has 0 saturated heterocycles. The van der Waals surface area contributed by atoms with Crippen LogP contribution in [0.5, 0.6) is 5.75 Å². The molecule has 0 radical (unpaired) electrons.